The van der Waals surface area contributed by atoms with Crippen LogP contribution in [0.25, 0.3) is 0 Å². The fraction of sp³-hybridized carbons (Fsp3) is 0.750. The van der Waals surface area contributed by atoms with Crippen LogP contribution in [0.3, 0.4) is 0 Å². The number of ether oxygens (including phenoxy) is 1. The zero-order valence-electron chi connectivity index (χ0n) is 14.5. The first kappa shape index (κ1) is 18.3. The number of rotatable bonds is 7. The molecule has 6 nitrogen and oxygen atoms in total. The Morgan fingerprint density at radius 3 is 3.00 bits per heavy atom. The Labute approximate surface area is 143 Å². The van der Waals surface area contributed by atoms with Gasteiger partial charge < -0.3 is 20.3 Å². The zero-order chi connectivity index (χ0) is 16.7. The molecule has 1 fully saturated rings. The normalized spacial score (nSPS) is 19.1. The van der Waals surface area contributed by atoms with Crippen LogP contribution in [0.15, 0.2) is 11.2 Å². The van der Waals surface area contributed by atoms with Gasteiger partial charge >= 0.3 is 0 Å². The highest BCUT2D eigenvalue weighted by atomic mass is 32.2. The summed E-state index contributed by atoms with van der Waals surface area (Å²) in [7, 11) is 4.20. The molecule has 1 aliphatic heterocycles. The fourth-order valence-electron chi connectivity index (χ4n) is 2.68. The Kier molecular flexibility index (Phi) is 7.39. The molecular weight excluding hydrogens is 310 g/mol. The van der Waals surface area contributed by atoms with Crippen molar-refractivity contribution >= 4 is 23.4 Å². The van der Waals surface area contributed by atoms with E-state index in [1.807, 2.05) is 6.07 Å². The van der Waals surface area contributed by atoms with Crippen molar-refractivity contribution < 1.29 is 4.74 Å². The minimum absolute atomic E-state index is 0.472. The van der Waals surface area contributed by atoms with Gasteiger partial charge in [-0.25, -0.2) is 9.97 Å². The van der Waals surface area contributed by atoms with E-state index in [0.29, 0.717) is 11.7 Å². The van der Waals surface area contributed by atoms with Crippen molar-refractivity contribution in [2.75, 3.05) is 63.3 Å². The van der Waals surface area contributed by atoms with Gasteiger partial charge in [0.25, 0.3) is 0 Å². The first-order valence-corrected chi connectivity index (χ1v) is 9.31. The van der Waals surface area contributed by atoms with Crippen molar-refractivity contribution in [2.24, 2.45) is 5.92 Å². The fourth-order valence-corrected chi connectivity index (χ4v) is 3.62. The number of thioether (sulfide) groups is 1. The second-order valence-corrected chi connectivity index (χ2v) is 7.35. The molecule has 0 spiro atoms. The highest BCUT2D eigenvalue weighted by Crippen LogP contribution is 2.23. The molecule has 130 valence electrons. The van der Waals surface area contributed by atoms with Crippen LogP contribution in [-0.2, 0) is 4.74 Å². The van der Waals surface area contributed by atoms with E-state index in [1.54, 1.807) is 11.8 Å². The molecule has 0 saturated carbocycles. The molecule has 0 aromatic carbocycles. The first-order valence-electron chi connectivity index (χ1n) is 8.33. The first-order chi connectivity index (χ1) is 11.1. The Hall–Kier alpha value is -1.05. The summed E-state index contributed by atoms with van der Waals surface area (Å²) in [6.45, 7) is 6.51. The van der Waals surface area contributed by atoms with E-state index in [2.05, 4.69) is 35.8 Å². The molecule has 2 rings (SSSR count). The summed E-state index contributed by atoms with van der Waals surface area (Å²) in [6, 6.07) is 1.88. The van der Waals surface area contributed by atoms with Crippen LogP contribution >= 0.6 is 11.8 Å². The molecule has 2 heterocycles. The number of aromatic nitrogens is 2. The number of hydrogen-bond donors (Lipinski definition) is 1. The summed E-state index contributed by atoms with van der Waals surface area (Å²) in [5.41, 5.74) is 5.99. The van der Waals surface area contributed by atoms with Gasteiger partial charge in [-0.05, 0) is 20.5 Å². The number of nitrogen functional groups attached to an aromatic ring is 1. The third kappa shape index (κ3) is 6.16. The average molecular weight is 340 g/mol. The van der Waals surface area contributed by atoms with Crippen molar-refractivity contribution in [1.29, 1.82) is 0 Å². The molecule has 7 heteroatoms. The quantitative estimate of drug-likeness (QED) is 0.463. The number of nitrogens with zero attached hydrogens (tertiary/aromatic N) is 4. The van der Waals surface area contributed by atoms with Gasteiger partial charge in [0.1, 0.15) is 11.6 Å². The van der Waals surface area contributed by atoms with E-state index in [9.17, 15) is 0 Å². The highest BCUT2D eigenvalue weighted by molar-refractivity contribution is 7.99. The van der Waals surface area contributed by atoms with Crippen molar-refractivity contribution in [3.8, 4) is 0 Å². The number of hydrogen-bond acceptors (Lipinski definition) is 7. The van der Waals surface area contributed by atoms with E-state index in [-0.39, 0.29) is 0 Å². The van der Waals surface area contributed by atoms with Gasteiger partial charge in [-0.15, -0.1) is 0 Å². The van der Waals surface area contributed by atoms with Crippen LogP contribution in [0.2, 0.25) is 0 Å². The molecule has 1 aromatic heterocycles. The molecular formula is C16H29N5OS. The van der Waals surface area contributed by atoms with E-state index in [0.717, 1.165) is 49.6 Å². The van der Waals surface area contributed by atoms with E-state index in [1.165, 1.54) is 12.8 Å². The number of nitrogens with two attached hydrogens (primary N) is 1. The lowest BCUT2D eigenvalue weighted by Gasteiger charge is -2.26. The second kappa shape index (κ2) is 9.30. The molecule has 1 atom stereocenters. The Bertz CT molecular complexity index is 486. The van der Waals surface area contributed by atoms with Crippen LogP contribution in [0, 0.1) is 5.92 Å². The SMILES string of the molecule is CCCCSc1nc(N)cc(N2CCOCC(CN(C)C)C2)n1. The lowest BCUT2D eigenvalue weighted by molar-refractivity contribution is 0.113. The largest absolute Gasteiger partial charge is 0.383 e. The number of unbranched alkanes of at least 4 members (excludes halogenated alkanes) is 1. The van der Waals surface area contributed by atoms with Crippen molar-refractivity contribution in [1.82, 2.24) is 14.9 Å². The van der Waals surface area contributed by atoms with Gasteiger partial charge in [-0.3, -0.25) is 0 Å². The Morgan fingerprint density at radius 1 is 1.43 bits per heavy atom. The number of anilines is 2. The molecule has 2 N–H and O–H groups in total. The van der Waals surface area contributed by atoms with Crippen molar-refractivity contribution in [3.05, 3.63) is 6.07 Å². The van der Waals surface area contributed by atoms with E-state index >= 15 is 0 Å². The van der Waals surface area contributed by atoms with Gasteiger partial charge in [-0.2, -0.15) is 0 Å². The van der Waals surface area contributed by atoms with Gasteiger partial charge in [0.2, 0.25) is 0 Å². The monoisotopic (exact) mass is 339 g/mol. The molecule has 1 aromatic rings. The van der Waals surface area contributed by atoms with Crippen LogP contribution in [0.4, 0.5) is 11.6 Å². The molecule has 0 bridgehead atoms. The molecule has 0 radical (unpaired) electrons. The lowest BCUT2D eigenvalue weighted by Crippen LogP contribution is -2.35. The molecule has 1 aliphatic rings. The van der Waals surface area contributed by atoms with E-state index in [4.69, 9.17) is 15.5 Å². The summed E-state index contributed by atoms with van der Waals surface area (Å²) in [4.78, 5) is 13.6. The van der Waals surface area contributed by atoms with Gasteiger partial charge in [0.05, 0.1) is 13.2 Å². The Balaban J connectivity index is 2.08. The highest BCUT2D eigenvalue weighted by Gasteiger charge is 2.21. The summed E-state index contributed by atoms with van der Waals surface area (Å²) < 4.78 is 5.75. The molecule has 0 amide bonds. The predicted molar refractivity (Wildman–Crippen MR) is 97.2 cm³/mol. The summed E-state index contributed by atoms with van der Waals surface area (Å²) in [6.07, 6.45) is 2.35. The lowest BCUT2D eigenvalue weighted by atomic mass is 10.1. The summed E-state index contributed by atoms with van der Waals surface area (Å²) >= 11 is 1.69. The van der Waals surface area contributed by atoms with Gasteiger partial charge in [0, 0.05) is 37.4 Å². The van der Waals surface area contributed by atoms with Crippen LogP contribution in [0.5, 0.6) is 0 Å². The standard InChI is InChI=1S/C16H29N5OS/c1-4-5-8-23-16-18-14(17)9-15(19-16)21-6-7-22-12-13(11-21)10-20(2)3/h9,13H,4-8,10-12H2,1-3H3,(H2,17,18,19). The maximum Gasteiger partial charge on any atom is 0.191 e. The molecule has 1 unspecified atom stereocenters. The van der Waals surface area contributed by atoms with Crippen LogP contribution in [0.1, 0.15) is 19.8 Å². The van der Waals surface area contributed by atoms with Crippen LogP contribution in [-0.4, -0.2) is 67.6 Å². The molecule has 0 aliphatic carbocycles. The smallest absolute Gasteiger partial charge is 0.191 e. The third-order valence-electron chi connectivity index (χ3n) is 3.73. The summed E-state index contributed by atoms with van der Waals surface area (Å²) in [5.74, 6) is 2.97. The summed E-state index contributed by atoms with van der Waals surface area (Å²) in [5, 5.41) is 0.780. The minimum Gasteiger partial charge on any atom is -0.383 e. The van der Waals surface area contributed by atoms with Gasteiger partial charge in [0.15, 0.2) is 5.16 Å². The zero-order valence-corrected chi connectivity index (χ0v) is 15.3. The average Bonchev–Trinajstić information content (AvgIpc) is 2.72. The maximum atomic E-state index is 5.99. The molecule has 23 heavy (non-hydrogen) atoms. The second-order valence-electron chi connectivity index (χ2n) is 6.28. The Morgan fingerprint density at radius 2 is 2.26 bits per heavy atom. The third-order valence-corrected chi connectivity index (χ3v) is 4.66. The molecule has 1 saturated heterocycles. The van der Waals surface area contributed by atoms with E-state index < -0.39 is 0 Å². The maximum absolute atomic E-state index is 5.99. The minimum atomic E-state index is 0.472. The van der Waals surface area contributed by atoms with Crippen molar-refractivity contribution in [3.63, 3.8) is 0 Å². The predicted octanol–water partition coefficient (Wildman–Crippen LogP) is 1.97. The topological polar surface area (TPSA) is 67.5 Å². The van der Waals surface area contributed by atoms with Crippen molar-refractivity contribution in [2.45, 2.75) is 24.9 Å². The van der Waals surface area contributed by atoms with Crippen LogP contribution < -0.4 is 10.6 Å². The van der Waals surface area contributed by atoms with Gasteiger partial charge in [-0.1, -0.05) is 25.1 Å².